The Kier molecular flexibility index (Phi) is 4.29. The molecule has 2 heterocycles. The second-order valence-electron chi connectivity index (χ2n) is 5.24. The molecule has 0 aliphatic carbocycles. The van der Waals surface area contributed by atoms with Crippen molar-refractivity contribution in [2.24, 2.45) is 5.73 Å². The lowest BCUT2D eigenvalue weighted by molar-refractivity contribution is -0.133. The van der Waals surface area contributed by atoms with Crippen LogP contribution in [0.4, 0.5) is 0 Å². The molecule has 1 fully saturated rings. The van der Waals surface area contributed by atoms with Gasteiger partial charge in [-0.1, -0.05) is 29.8 Å². The van der Waals surface area contributed by atoms with Gasteiger partial charge in [-0.25, -0.2) is 0 Å². The van der Waals surface area contributed by atoms with Gasteiger partial charge in [0.1, 0.15) is 6.04 Å². The number of hydrogen-bond acceptors (Lipinski definition) is 3. The Balaban J connectivity index is 1.82. The highest BCUT2D eigenvalue weighted by molar-refractivity contribution is 7.10. The fourth-order valence-corrected chi connectivity index (χ4v) is 3.78. The Morgan fingerprint density at radius 2 is 2.24 bits per heavy atom. The van der Waals surface area contributed by atoms with Crippen LogP contribution >= 0.6 is 22.9 Å². The minimum atomic E-state index is -0.565. The van der Waals surface area contributed by atoms with E-state index in [1.54, 1.807) is 0 Å². The molecule has 2 N–H and O–H groups in total. The molecule has 1 saturated heterocycles. The Bertz CT molecular complexity index is 629. The second-order valence-corrected chi connectivity index (χ2v) is 6.65. The molecule has 0 radical (unpaired) electrons. The van der Waals surface area contributed by atoms with E-state index in [1.165, 1.54) is 11.3 Å². The van der Waals surface area contributed by atoms with Gasteiger partial charge in [-0.05, 0) is 42.0 Å². The number of amides is 1. The predicted molar refractivity (Wildman–Crippen MR) is 86.4 cm³/mol. The number of nitrogens with zero attached hydrogens (tertiary/aromatic N) is 1. The molecule has 1 aromatic carbocycles. The van der Waals surface area contributed by atoms with Gasteiger partial charge in [-0.3, -0.25) is 4.79 Å². The molecular formula is C16H17ClN2OS. The number of thiophene rings is 1. The molecule has 0 saturated carbocycles. The highest BCUT2D eigenvalue weighted by Gasteiger charge is 2.33. The lowest BCUT2D eigenvalue weighted by Crippen LogP contribution is -2.37. The number of hydrogen-bond donors (Lipinski definition) is 1. The van der Waals surface area contributed by atoms with E-state index in [-0.39, 0.29) is 11.9 Å². The van der Waals surface area contributed by atoms with Crippen molar-refractivity contribution in [1.29, 1.82) is 0 Å². The van der Waals surface area contributed by atoms with E-state index in [2.05, 4.69) is 0 Å². The molecule has 3 nitrogen and oxygen atoms in total. The van der Waals surface area contributed by atoms with Crippen LogP contribution in [0.25, 0.3) is 0 Å². The molecule has 3 rings (SSSR count). The van der Waals surface area contributed by atoms with Gasteiger partial charge < -0.3 is 10.6 Å². The summed E-state index contributed by atoms with van der Waals surface area (Å²) in [6, 6.07) is 11.1. The van der Waals surface area contributed by atoms with Crippen molar-refractivity contribution in [2.75, 3.05) is 6.54 Å². The molecule has 1 amide bonds. The largest absolute Gasteiger partial charge is 0.334 e. The van der Waals surface area contributed by atoms with Crippen molar-refractivity contribution in [3.05, 3.63) is 57.2 Å². The van der Waals surface area contributed by atoms with Crippen LogP contribution in [0, 0.1) is 0 Å². The summed E-state index contributed by atoms with van der Waals surface area (Å²) in [5.41, 5.74) is 7.22. The van der Waals surface area contributed by atoms with Crippen molar-refractivity contribution in [3.8, 4) is 0 Å². The highest BCUT2D eigenvalue weighted by Crippen LogP contribution is 2.35. The molecule has 2 unspecified atom stereocenters. The number of halogens is 1. The SMILES string of the molecule is NC(C(=O)N1CCCC1c1cccc(Cl)c1)c1cccs1. The smallest absolute Gasteiger partial charge is 0.245 e. The average Bonchev–Trinajstić information content (AvgIpc) is 3.16. The third-order valence-corrected chi connectivity index (χ3v) is 5.08. The van der Waals surface area contributed by atoms with Crippen LogP contribution in [-0.4, -0.2) is 17.4 Å². The topological polar surface area (TPSA) is 46.3 Å². The summed E-state index contributed by atoms with van der Waals surface area (Å²) >= 11 is 7.59. The number of rotatable bonds is 3. The van der Waals surface area contributed by atoms with Gasteiger partial charge in [0, 0.05) is 16.4 Å². The van der Waals surface area contributed by atoms with Crippen LogP contribution in [0.2, 0.25) is 5.02 Å². The summed E-state index contributed by atoms with van der Waals surface area (Å²) in [4.78, 5) is 15.5. The molecule has 1 aliphatic rings. The molecule has 1 aliphatic heterocycles. The van der Waals surface area contributed by atoms with E-state index >= 15 is 0 Å². The fraction of sp³-hybridized carbons (Fsp3) is 0.312. The van der Waals surface area contributed by atoms with Crippen molar-refractivity contribution in [1.82, 2.24) is 4.90 Å². The maximum Gasteiger partial charge on any atom is 0.245 e. The van der Waals surface area contributed by atoms with Crippen LogP contribution in [0.15, 0.2) is 41.8 Å². The first-order valence-electron chi connectivity index (χ1n) is 7.02. The average molecular weight is 321 g/mol. The van der Waals surface area contributed by atoms with Gasteiger partial charge in [-0.2, -0.15) is 0 Å². The third kappa shape index (κ3) is 2.98. The molecular weight excluding hydrogens is 304 g/mol. The Hall–Kier alpha value is -1.36. The molecule has 5 heteroatoms. The van der Waals surface area contributed by atoms with E-state index in [1.807, 2.05) is 46.7 Å². The van der Waals surface area contributed by atoms with Crippen molar-refractivity contribution in [3.63, 3.8) is 0 Å². The lowest BCUT2D eigenvalue weighted by atomic mass is 10.0. The van der Waals surface area contributed by atoms with Crippen LogP contribution in [0.1, 0.15) is 35.4 Å². The molecule has 0 bridgehead atoms. The van der Waals surface area contributed by atoms with Crippen LogP contribution < -0.4 is 5.73 Å². The quantitative estimate of drug-likeness (QED) is 0.935. The molecule has 1 aromatic heterocycles. The zero-order valence-electron chi connectivity index (χ0n) is 11.5. The van der Waals surface area contributed by atoms with Crippen molar-refractivity contribution in [2.45, 2.75) is 24.9 Å². The van der Waals surface area contributed by atoms with Gasteiger partial charge in [0.15, 0.2) is 0 Å². The first-order chi connectivity index (χ1) is 10.2. The second kappa shape index (κ2) is 6.18. The van der Waals surface area contributed by atoms with Gasteiger partial charge in [0.2, 0.25) is 5.91 Å². The molecule has 21 heavy (non-hydrogen) atoms. The summed E-state index contributed by atoms with van der Waals surface area (Å²) in [6.07, 6.45) is 1.96. The van der Waals surface area contributed by atoms with Crippen molar-refractivity contribution >= 4 is 28.8 Å². The van der Waals surface area contributed by atoms with Crippen LogP contribution in [0.3, 0.4) is 0 Å². The Morgan fingerprint density at radius 3 is 2.95 bits per heavy atom. The summed E-state index contributed by atoms with van der Waals surface area (Å²) in [7, 11) is 0. The van der Waals surface area contributed by atoms with Gasteiger partial charge in [0.25, 0.3) is 0 Å². The zero-order valence-corrected chi connectivity index (χ0v) is 13.1. The zero-order chi connectivity index (χ0) is 14.8. The highest BCUT2D eigenvalue weighted by atomic mass is 35.5. The lowest BCUT2D eigenvalue weighted by Gasteiger charge is -2.27. The van der Waals surface area contributed by atoms with Gasteiger partial charge in [0.05, 0.1) is 6.04 Å². The van der Waals surface area contributed by atoms with Crippen LogP contribution in [0.5, 0.6) is 0 Å². The standard InChI is InChI=1S/C16H17ClN2OS/c17-12-5-1-4-11(10-12)13-6-2-8-19(13)16(20)15(18)14-7-3-9-21-14/h1,3-5,7,9-10,13,15H,2,6,8,18H2. The molecule has 110 valence electrons. The molecule has 2 atom stereocenters. The fourth-order valence-electron chi connectivity index (χ4n) is 2.86. The minimum absolute atomic E-state index is 0.0000690. The molecule has 2 aromatic rings. The monoisotopic (exact) mass is 320 g/mol. The number of nitrogens with two attached hydrogens (primary N) is 1. The number of carbonyl (C=O) groups is 1. The minimum Gasteiger partial charge on any atom is -0.334 e. The van der Waals surface area contributed by atoms with Crippen molar-refractivity contribution < 1.29 is 4.79 Å². The predicted octanol–water partition coefficient (Wildman–Crippen LogP) is 3.77. The summed E-state index contributed by atoms with van der Waals surface area (Å²) in [5.74, 6) is -0.0000690. The van der Waals surface area contributed by atoms with E-state index in [0.717, 1.165) is 29.8 Å². The number of benzene rings is 1. The summed E-state index contributed by atoms with van der Waals surface area (Å²) in [5, 5.41) is 2.65. The van der Waals surface area contributed by atoms with E-state index < -0.39 is 6.04 Å². The first kappa shape index (κ1) is 14.6. The Labute approximate surface area is 133 Å². The maximum atomic E-state index is 12.7. The maximum absolute atomic E-state index is 12.7. The van der Waals surface area contributed by atoms with E-state index in [0.29, 0.717) is 5.02 Å². The first-order valence-corrected chi connectivity index (χ1v) is 8.27. The number of likely N-dealkylation sites (tertiary alicyclic amines) is 1. The number of carbonyl (C=O) groups excluding carboxylic acids is 1. The van der Waals surface area contributed by atoms with E-state index in [9.17, 15) is 4.79 Å². The van der Waals surface area contributed by atoms with Gasteiger partial charge in [-0.15, -0.1) is 11.3 Å². The van der Waals surface area contributed by atoms with Crippen LogP contribution in [-0.2, 0) is 4.79 Å². The third-order valence-electron chi connectivity index (χ3n) is 3.89. The summed E-state index contributed by atoms with van der Waals surface area (Å²) < 4.78 is 0. The van der Waals surface area contributed by atoms with E-state index in [4.69, 9.17) is 17.3 Å². The summed E-state index contributed by atoms with van der Waals surface area (Å²) in [6.45, 7) is 0.759. The molecule has 0 spiro atoms. The normalized spacial score (nSPS) is 19.7. The Morgan fingerprint density at radius 1 is 1.38 bits per heavy atom. The van der Waals surface area contributed by atoms with Gasteiger partial charge >= 0.3 is 0 Å².